The van der Waals surface area contributed by atoms with Crippen LogP contribution in [0.25, 0.3) is 0 Å². The molecule has 0 fully saturated rings. The predicted octanol–water partition coefficient (Wildman–Crippen LogP) is 5.40. The molecular formula is C15H26. The molecule has 0 nitrogen and oxygen atoms in total. The highest BCUT2D eigenvalue weighted by Gasteiger charge is 2.17. The van der Waals surface area contributed by atoms with E-state index in [0.29, 0.717) is 0 Å². The van der Waals surface area contributed by atoms with Gasteiger partial charge in [-0.1, -0.05) is 37.8 Å². The Morgan fingerprint density at radius 2 is 1.20 bits per heavy atom. The standard InChI is InChI=1S/C15H26/c1-5-7-9-14-12(3)11-13(4)15(14)10-8-6-2/h5-11H2,1-4H3. The monoisotopic (exact) mass is 206 g/mol. The SMILES string of the molecule is CCCCC1=C(C)CC(C)=C1CCCC. The Balaban J connectivity index is 2.67. The maximum atomic E-state index is 2.33. The van der Waals surface area contributed by atoms with Gasteiger partial charge in [0.25, 0.3) is 0 Å². The van der Waals surface area contributed by atoms with Crippen LogP contribution in [0.3, 0.4) is 0 Å². The number of unbranched alkanes of at least 4 members (excludes halogenated alkanes) is 2. The molecule has 0 aromatic carbocycles. The summed E-state index contributed by atoms with van der Waals surface area (Å²) in [6.07, 6.45) is 9.23. The molecule has 0 aromatic heterocycles. The summed E-state index contributed by atoms with van der Waals surface area (Å²) in [5, 5.41) is 0. The van der Waals surface area contributed by atoms with E-state index < -0.39 is 0 Å². The average Bonchev–Trinajstić information content (AvgIpc) is 2.47. The smallest absolute Gasteiger partial charge is 0.0102 e. The molecule has 0 aliphatic heterocycles. The number of rotatable bonds is 6. The first-order chi connectivity index (χ1) is 7.20. The maximum Gasteiger partial charge on any atom is -0.0102 e. The molecule has 0 saturated heterocycles. The molecule has 1 rings (SSSR count). The van der Waals surface area contributed by atoms with Gasteiger partial charge in [0.15, 0.2) is 0 Å². The minimum absolute atomic E-state index is 1.25. The molecule has 0 bridgehead atoms. The molecular weight excluding hydrogens is 180 g/mol. The van der Waals surface area contributed by atoms with Gasteiger partial charge in [0.1, 0.15) is 0 Å². The predicted molar refractivity (Wildman–Crippen MR) is 69.1 cm³/mol. The van der Waals surface area contributed by atoms with E-state index in [2.05, 4.69) is 27.7 Å². The summed E-state index contributed by atoms with van der Waals surface area (Å²) >= 11 is 0. The van der Waals surface area contributed by atoms with E-state index in [0.717, 1.165) is 0 Å². The van der Waals surface area contributed by atoms with E-state index >= 15 is 0 Å². The zero-order valence-electron chi connectivity index (χ0n) is 10.9. The Kier molecular flexibility index (Phi) is 5.14. The topological polar surface area (TPSA) is 0 Å². The van der Waals surface area contributed by atoms with Crippen LogP contribution >= 0.6 is 0 Å². The fourth-order valence-electron chi connectivity index (χ4n) is 2.56. The summed E-state index contributed by atoms with van der Waals surface area (Å²) in [6, 6.07) is 0. The first-order valence-electron chi connectivity index (χ1n) is 6.58. The lowest BCUT2D eigenvalue weighted by molar-refractivity contribution is 0.751. The van der Waals surface area contributed by atoms with Crippen LogP contribution in [0.5, 0.6) is 0 Å². The van der Waals surface area contributed by atoms with Crippen LogP contribution in [0.15, 0.2) is 22.3 Å². The van der Waals surface area contributed by atoms with Gasteiger partial charge in [-0.15, -0.1) is 0 Å². The van der Waals surface area contributed by atoms with Gasteiger partial charge in [0.2, 0.25) is 0 Å². The van der Waals surface area contributed by atoms with Crippen molar-refractivity contribution in [3.8, 4) is 0 Å². The van der Waals surface area contributed by atoms with Crippen molar-refractivity contribution in [2.45, 2.75) is 72.6 Å². The Morgan fingerprint density at radius 3 is 1.53 bits per heavy atom. The third-order valence-electron chi connectivity index (χ3n) is 3.49. The molecule has 0 spiro atoms. The van der Waals surface area contributed by atoms with E-state index in [1.807, 2.05) is 0 Å². The van der Waals surface area contributed by atoms with Gasteiger partial charge in [-0.25, -0.2) is 0 Å². The molecule has 0 radical (unpaired) electrons. The summed E-state index contributed by atoms with van der Waals surface area (Å²) in [6.45, 7) is 9.22. The molecule has 0 aromatic rings. The highest BCUT2D eigenvalue weighted by atomic mass is 14.2. The highest BCUT2D eigenvalue weighted by Crippen LogP contribution is 2.37. The van der Waals surface area contributed by atoms with Gasteiger partial charge in [-0.2, -0.15) is 0 Å². The molecule has 1 aliphatic rings. The third kappa shape index (κ3) is 3.22. The van der Waals surface area contributed by atoms with Crippen LogP contribution < -0.4 is 0 Å². The summed E-state index contributed by atoms with van der Waals surface area (Å²) in [5.74, 6) is 0. The number of hydrogen-bond donors (Lipinski definition) is 0. The van der Waals surface area contributed by atoms with E-state index in [-0.39, 0.29) is 0 Å². The van der Waals surface area contributed by atoms with Crippen LogP contribution in [0, 0.1) is 0 Å². The van der Waals surface area contributed by atoms with Gasteiger partial charge in [-0.3, -0.25) is 0 Å². The summed E-state index contributed by atoms with van der Waals surface area (Å²) in [5.41, 5.74) is 6.71. The van der Waals surface area contributed by atoms with Crippen molar-refractivity contribution in [3.63, 3.8) is 0 Å². The van der Waals surface area contributed by atoms with Crippen molar-refractivity contribution < 1.29 is 0 Å². The van der Waals surface area contributed by atoms with E-state index in [9.17, 15) is 0 Å². The normalized spacial score (nSPS) is 16.8. The van der Waals surface area contributed by atoms with E-state index in [1.54, 1.807) is 22.3 Å². The second-order valence-corrected chi connectivity index (χ2v) is 4.90. The number of allylic oxidation sites excluding steroid dienone is 4. The molecule has 86 valence electrons. The van der Waals surface area contributed by atoms with Crippen LogP contribution in [0.2, 0.25) is 0 Å². The van der Waals surface area contributed by atoms with E-state index in [1.165, 1.54) is 44.9 Å². The van der Waals surface area contributed by atoms with Gasteiger partial charge in [0.05, 0.1) is 0 Å². The minimum Gasteiger partial charge on any atom is -0.0658 e. The molecule has 0 N–H and O–H groups in total. The Labute approximate surface area is 95.5 Å². The molecule has 1 aliphatic carbocycles. The van der Waals surface area contributed by atoms with Gasteiger partial charge in [0, 0.05) is 0 Å². The van der Waals surface area contributed by atoms with Gasteiger partial charge in [-0.05, 0) is 57.1 Å². The molecule has 0 atom stereocenters. The summed E-state index contributed by atoms with van der Waals surface area (Å²) in [7, 11) is 0. The molecule has 0 heterocycles. The maximum absolute atomic E-state index is 2.33. The fourth-order valence-corrected chi connectivity index (χ4v) is 2.56. The van der Waals surface area contributed by atoms with Crippen LogP contribution in [-0.2, 0) is 0 Å². The van der Waals surface area contributed by atoms with Crippen LogP contribution in [0.4, 0.5) is 0 Å². The molecule has 0 unspecified atom stereocenters. The van der Waals surface area contributed by atoms with Gasteiger partial charge >= 0.3 is 0 Å². The first-order valence-corrected chi connectivity index (χ1v) is 6.58. The lowest BCUT2D eigenvalue weighted by atomic mass is 9.95. The lowest BCUT2D eigenvalue weighted by Crippen LogP contribution is -1.91. The van der Waals surface area contributed by atoms with Crippen LogP contribution in [0.1, 0.15) is 72.6 Å². The Morgan fingerprint density at radius 1 is 0.800 bits per heavy atom. The summed E-state index contributed by atoms with van der Waals surface area (Å²) in [4.78, 5) is 0. The van der Waals surface area contributed by atoms with Crippen molar-refractivity contribution in [2.75, 3.05) is 0 Å². The molecule has 15 heavy (non-hydrogen) atoms. The molecule has 0 saturated carbocycles. The van der Waals surface area contributed by atoms with Crippen LogP contribution in [-0.4, -0.2) is 0 Å². The zero-order chi connectivity index (χ0) is 11.3. The Bertz CT molecular complexity index is 238. The second-order valence-electron chi connectivity index (χ2n) is 4.90. The number of hydrogen-bond acceptors (Lipinski definition) is 0. The third-order valence-corrected chi connectivity index (χ3v) is 3.49. The van der Waals surface area contributed by atoms with Crippen molar-refractivity contribution in [3.05, 3.63) is 22.3 Å². The Hall–Kier alpha value is -0.520. The van der Waals surface area contributed by atoms with Crippen molar-refractivity contribution in [1.29, 1.82) is 0 Å². The van der Waals surface area contributed by atoms with E-state index in [4.69, 9.17) is 0 Å². The zero-order valence-corrected chi connectivity index (χ0v) is 10.9. The second kappa shape index (κ2) is 6.15. The quantitative estimate of drug-likeness (QED) is 0.545. The van der Waals surface area contributed by atoms with Gasteiger partial charge < -0.3 is 0 Å². The average molecular weight is 206 g/mol. The minimum atomic E-state index is 1.25. The first kappa shape index (κ1) is 12.5. The molecule has 0 amide bonds. The van der Waals surface area contributed by atoms with Crippen molar-refractivity contribution in [2.24, 2.45) is 0 Å². The largest absolute Gasteiger partial charge is 0.0658 e. The van der Waals surface area contributed by atoms with Crippen molar-refractivity contribution >= 4 is 0 Å². The highest BCUT2D eigenvalue weighted by molar-refractivity contribution is 5.45. The molecule has 0 heteroatoms. The summed E-state index contributed by atoms with van der Waals surface area (Å²) < 4.78 is 0. The fraction of sp³-hybridized carbons (Fsp3) is 0.733. The van der Waals surface area contributed by atoms with Crippen molar-refractivity contribution in [1.82, 2.24) is 0 Å². The lowest BCUT2D eigenvalue weighted by Gasteiger charge is -2.10.